The van der Waals surface area contributed by atoms with Gasteiger partial charge in [0, 0.05) is 23.8 Å². The van der Waals surface area contributed by atoms with Crippen LogP contribution in [0, 0.1) is 6.92 Å². The number of hydrogen-bond donors (Lipinski definition) is 0. The fourth-order valence-corrected chi connectivity index (χ4v) is 3.37. The molecule has 0 aliphatic carbocycles. The summed E-state index contributed by atoms with van der Waals surface area (Å²) in [4.78, 5) is 0.349. The van der Waals surface area contributed by atoms with Gasteiger partial charge in [-0.05, 0) is 36.9 Å². The van der Waals surface area contributed by atoms with E-state index in [0.29, 0.717) is 11.4 Å². The first-order chi connectivity index (χ1) is 7.89. The Morgan fingerprint density at radius 2 is 2.06 bits per heavy atom. The van der Waals surface area contributed by atoms with E-state index >= 15 is 0 Å². The van der Waals surface area contributed by atoms with Crippen LogP contribution in [0.5, 0.6) is 0 Å². The highest BCUT2D eigenvalue weighted by Gasteiger charge is 2.20. The summed E-state index contributed by atoms with van der Waals surface area (Å²) in [7, 11) is -1.74. The van der Waals surface area contributed by atoms with E-state index in [0.717, 1.165) is 15.8 Å². The van der Waals surface area contributed by atoms with Crippen LogP contribution >= 0.6 is 27.7 Å². The van der Waals surface area contributed by atoms with Crippen molar-refractivity contribution in [2.45, 2.75) is 11.8 Å². The van der Waals surface area contributed by atoms with Crippen LogP contribution in [0.25, 0.3) is 0 Å². The average molecular weight is 338 g/mol. The smallest absolute Gasteiger partial charge is 0.207 e. The Hall–Kier alpha value is -0.0400. The summed E-state index contributed by atoms with van der Waals surface area (Å²) in [6.45, 7) is 2.41. The normalized spacial score (nSPS) is 12.1. The van der Waals surface area contributed by atoms with Gasteiger partial charge < -0.3 is 0 Å². The fourth-order valence-electron chi connectivity index (χ4n) is 1.30. The molecule has 0 radical (unpaired) electrons. The molecule has 0 bridgehead atoms. The lowest BCUT2D eigenvalue weighted by Gasteiger charge is -2.17. The van der Waals surface area contributed by atoms with E-state index in [2.05, 4.69) is 15.9 Å². The van der Waals surface area contributed by atoms with Crippen molar-refractivity contribution >= 4 is 37.7 Å². The van der Waals surface area contributed by atoms with Gasteiger partial charge in [0.15, 0.2) is 0 Å². The predicted octanol–water partition coefficient (Wildman–Crippen LogP) is 2.74. The summed E-state index contributed by atoms with van der Waals surface area (Å²) in [6.07, 6.45) is 1.96. The molecule has 1 aromatic carbocycles. The first-order valence-corrected chi connectivity index (χ1v) is 8.73. The van der Waals surface area contributed by atoms with Crippen LogP contribution in [0.4, 0.5) is 0 Å². The molecule has 0 fully saturated rings. The molecule has 1 rings (SSSR count). The van der Waals surface area contributed by atoms with Gasteiger partial charge in [-0.2, -0.15) is 11.8 Å². The maximum atomic E-state index is 12.2. The van der Waals surface area contributed by atoms with Crippen LogP contribution < -0.4 is 0 Å². The van der Waals surface area contributed by atoms with Gasteiger partial charge in [-0.15, -0.1) is 0 Å². The summed E-state index contributed by atoms with van der Waals surface area (Å²) in [5.74, 6) is 0.797. The van der Waals surface area contributed by atoms with Gasteiger partial charge in [0.05, 0.1) is 4.90 Å². The third-order valence-corrected chi connectivity index (χ3v) is 5.78. The first kappa shape index (κ1) is 15.0. The van der Waals surface area contributed by atoms with E-state index < -0.39 is 10.0 Å². The summed E-state index contributed by atoms with van der Waals surface area (Å²) in [5.41, 5.74) is 0.921. The molecule has 0 saturated heterocycles. The Balaban J connectivity index is 3.00. The number of nitrogens with zero attached hydrogens (tertiary/aromatic N) is 1. The summed E-state index contributed by atoms with van der Waals surface area (Å²) < 4.78 is 26.7. The molecule has 0 unspecified atom stereocenters. The van der Waals surface area contributed by atoms with Crippen molar-refractivity contribution in [2.24, 2.45) is 0 Å². The third kappa shape index (κ3) is 3.71. The molecule has 0 spiro atoms. The van der Waals surface area contributed by atoms with Crippen LogP contribution in [-0.4, -0.2) is 38.3 Å². The lowest BCUT2D eigenvalue weighted by molar-refractivity contribution is 0.488. The van der Waals surface area contributed by atoms with Crippen LogP contribution in [0.2, 0.25) is 0 Å². The first-order valence-electron chi connectivity index (χ1n) is 5.11. The zero-order valence-corrected chi connectivity index (χ0v) is 13.3. The summed E-state index contributed by atoms with van der Waals surface area (Å²) >= 11 is 5.00. The topological polar surface area (TPSA) is 37.4 Å². The van der Waals surface area contributed by atoms with Crippen molar-refractivity contribution in [3.05, 3.63) is 28.2 Å². The second-order valence-corrected chi connectivity index (χ2v) is 7.62. The number of hydrogen-bond acceptors (Lipinski definition) is 3. The van der Waals surface area contributed by atoms with E-state index in [-0.39, 0.29) is 0 Å². The maximum Gasteiger partial charge on any atom is 0.242 e. The van der Waals surface area contributed by atoms with Crippen LogP contribution in [0.1, 0.15) is 5.56 Å². The van der Waals surface area contributed by atoms with Gasteiger partial charge in [0.25, 0.3) is 0 Å². The second-order valence-electron chi connectivity index (χ2n) is 3.73. The van der Waals surface area contributed by atoms with Gasteiger partial charge in [0.1, 0.15) is 0 Å². The zero-order chi connectivity index (χ0) is 13.1. The lowest BCUT2D eigenvalue weighted by atomic mass is 10.2. The molecule has 0 atom stereocenters. The average Bonchev–Trinajstić information content (AvgIpc) is 2.29. The SMILES string of the molecule is CSCCN(C)S(=O)(=O)c1ccc(Br)c(C)c1. The highest BCUT2D eigenvalue weighted by Crippen LogP contribution is 2.22. The van der Waals surface area contributed by atoms with Crippen LogP contribution in [0.3, 0.4) is 0 Å². The number of halogens is 1. The minimum atomic E-state index is -3.35. The van der Waals surface area contributed by atoms with E-state index in [1.807, 2.05) is 13.2 Å². The standard InChI is InChI=1S/C11H16BrNO2S2/c1-9-8-10(4-5-11(9)12)17(14,15)13(2)6-7-16-3/h4-5,8H,6-7H2,1-3H3. The third-order valence-electron chi connectivity index (χ3n) is 2.45. The van der Waals surface area contributed by atoms with Gasteiger partial charge in [0.2, 0.25) is 10.0 Å². The number of sulfonamides is 1. The second kappa shape index (κ2) is 6.22. The molecule has 0 aromatic heterocycles. The highest BCUT2D eigenvalue weighted by molar-refractivity contribution is 9.10. The van der Waals surface area contributed by atoms with Crippen LogP contribution in [0.15, 0.2) is 27.6 Å². The van der Waals surface area contributed by atoms with Crippen molar-refractivity contribution in [3.8, 4) is 0 Å². The summed E-state index contributed by atoms with van der Waals surface area (Å²) in [5, 5.41) is 0. The maximum absolute atomic E-state index is 12.2. The van der Waals surface area contributed by atoms with Gasteiger partial charge >= 0.3 is 0 Å². The Morgan fingerprint density at radius 1 is 1.41 bits per heavy atom. The van der Waals surface area contributed by atoms with Crippen LogP contribution in [-0.2, 0) is 10.0 Å². The monoisotopic (exact) mass is 337 g/mol. The number of thioether (sulfide) groups is 1. The van der Waals surface area contributed by atoms with Crippen molar-refractivity contribution < 1.29 is 8.42 Å². The van der Waals surface area contributed by atoms with Crippen molar-refractivity contribution in [1.29, 1.82) is 0 Å². The molecule has 0 aliphatic heterocycles. The Labute approximate surface area is 116 Å². The van der Waals surface area contributed by atoms with E-state index in [1.54, 1.807) is 37.0 Å². The number of aryl methyl sites for hydroxylation is 1. The molecule has 6 heteroatoms. The van der Waals surface area contributed by atoms with Crippen molar-refractivity contribution in [1.82, 2.24) is 4.31 Å². The molecule has 1 aromatic rings. The lowest BCUT2D eigenvalue weighted by Crippen LogP contribution is -2.29. The van der Waals surface area contributed by atoms with E-state index in [1.165, 1.54) is 4.31 Å². The molecule has 17 heavy (non-hydrogen) atoms. The summed E-state index contributed by atoms with van der Waals surface area (Å²) in [6, 6.07) is 5.08. The fraction of sp³-hybridized carbons (Fsp3) is 0.455. The van der Waals surface area contributed by atoms with Gasteiger partial charge in [-0.3, -0.25) is 0 Å². The van der Waals surface area contributed by atoms with Gasteiger partial charge in [-0.25, -0.2) is 12.7 Å². The molecular formula is C11H16BrNO2S2. The minimum absolute atomic E-state index is 0.349. The number of rotatable bonds is 5. The number of benzene rings is 1. The molecule has 0 N–H and O–H groups in total. The molecule has 0 aliphatic rings. The molecular weight excluding hydrogens is 322 g/mol. The molecule has 0 amide bonds. The van der Waals surface area contributed by atoms with E-state index in [9.17, 15) is 8.42 Å². The predicted molar refractivity (Wildman–Crippen MR) is 77.1 cm³/mol. The highest BCUT2D eigenvalue weighted by atomic mass is 79.9. The Kier molecular flexibility index (Phi) is 5.50. The van der Waals surface area contributed by atoms with Crippen molar-refractivity contribution in [2.75, 3.05) is 25.6 Å². The zero-order valence-electron chi connectivity index (χ0n) is 10.1. The largest absolute Gasteiger partial charge is 0.242 e. The quantitative estimate of drug-likeness (QED) is 0.828. The Bertz CT molecular complexity index is 488. The molecule has 96 valence electrons. The van der Waals surface area contributed by atoms with Crippen molar-refractivity contribution in [3.63, 3.8) is 0 Å². The molecule has 0 saturated carbocycles. The van der Waals surface area contributed by atoms with Gasteiger partial charge in [-0.1, -0.05) is 15.9 Å². The minimum Gasteiger partial charge on any atom is -0.207 e. The molecule has 3 nitrogen and oxygen atoms in total. The Morgan fingerprint density at radius 3 is 2.59 bits per heavy atom. The van der Waals surface area contributed by atoms with E-state index in [4.69, 9.17) is 0 Å². The molecule has 0 heterocycles.